The lowest BCUT2D eigenvalue weighted by atomic mass is 10.3. The molecule has 0 heterocycles. The normalized spacial score (nSPS) is 12.4. The van der Waals surface area contributed by atoms with Gasteiger partial charge >= 0.3 is 6.03 Å². The standard InChI is InChI=1S/C9H21N3O/c1-5-12(6-2)9(13)11(4)7-8(3)10/h8H,5-7,10H2,1-4H3. The number of hydrogen-bond donors (Lipinski definition) is 1. The average molecular weight is 187 g/mol. The van der Waals surface area contributed by atoms with Gasteiger partial charge in [0.05, 0.1) is 0 Å². The van der Waals surface area contributed by atoms with Gasteiger partial charge in [-0.1, -0.05) is 0 Å². The first-order chi connectivity index (χ1) is 6.02. The summed E-state index contributed by atoms with van der Waals surface area (Å²) < 4.78 is 0. The van der Waals surface area contributed by atoms with E-state index in [0.717, 1.165) is 13.1 Å². The molecular weight excluding hydrogens is 166 g/mol. The highest BCUT2D eigenvalue weighted by molar-refractivity contribution is 5.74. The van der Waals surface area contributed by atoms with E-state index in [1.54, 1.807) is 16.8 Å². The molecule has 78 valence electrons. The van der Waals surface area contributed by atoms with Crippen molar-refractivity contribution in [2.24, 2.45) is 5.73 Å². The number of nitrogens with two attached hydrogens (primary N) is 1. The van der Waals surface area contributed by atoms with Gasteiger partial charge in [0.1, 0.15) is 0 Å². The highest BCUT2D eigenvalue weighted by atomic mass is 16.2. The molecule has 0 fully saturated rings. The molecule has 4 nitrogen and oxygen atoms in total. The van der Waals surface area contributed by atoms with E-state index in [4.69, 9.17) is 5.73 Å². The van der Waals surface area contributed by atoms with Gasteiger partial charge < -0.3 is 15.5 Å². The molecule has 0 aromatic heterocycles. The number of carbonyl (C=O) groups is 1. The van der Waals surface area contributed by atoms with Crippen LogP contribution in [0.1, 0.15) is 20.8 Å². The number of amides is 2. The number of rotatable bonds is 4. The molecule has 1 atom stereocenters. The maximum atomic E-state index is 11.6. The van der Waals surface area contributed by atoms with Crippen LogP contribution in [0.4, 0.5) is 4.79 Å². The molecule has 0 spiro atoms. The molecule has 0 saturated carbocycles. The molecule has 0 aliphatic carbocycles. The van der Waals surface area contributed by atoms with Gasteiger partial charge in [-0.3, -0.25) is 0 Å². The zero-order chi connectivity index (χ0) is 10.4. The Bertz CT molecular complexity index is 155. The zero-order valence-electron chi connectivity index (χ0n) is 9.08. The third kappa shape index (κ3) is 4.12. The summed E-state index contributed by atoms with van der Waals surface area (Å²) in [7, 11) is 1.78. The number of likely N-dealkylation sites (N-methyl/N-ethyl adjacent to an activating group) is 1. The molecule has 0 aromatic rings. The molecule has 2 N–H and O–H groups in total. The Morgan fingerprint density at radius 3 is 2.15 bits per heavy atom. The van der Waals surface area contributed by atoms with Crippen LogP contribution in [-0.2, 0) is 0 Å². The molecule has 13 heavy (non-hydrogen) atoms. The van der Waals surface area contributed by atoms with Crippen molar-refractivity contribution in [1.82, 2.24) is 9.80 Å². The number of urea groups is 1. The van der Waals surface area contributed by atoms with Crippen LogP contribution in [-0.4, -0.2) is 48.6 Å². The van der Waals surface area contributed by atoms with Crippen LogP contribution < -0.4 is 5.73 Å². The van der Waals surface area contributed by atoms with Gasteiger partial charge in [-0.25, -0.2) is 4.79 Å². The van der Waals surface area contributed by atoms with Gasteiger partial charge in [0.15, 0.2) is 0 Å². The average Bonchev–Trinajstić information content (AvgIpc) is 2.05. The van der Waals surface area contributed by atoms with Gasteiger partial charge in [0, 0.05) is 32.7 Å². The molecule has 0 bridgehead atoms. The monoisotopic (exact) mass is 187 g/mol. The smallest absolute Gasteiger partial charge is 0.319 e. The minimum absolute atomic E-state index is 0.0320. The van der Waals surface area contributed by atoms with Crippen LogP contribution in [0.5, 0.6) is 0 Å². The Balaban J connectivity index is 4.07. The van der Waals surface area contributed by atoms with E-state index in [-0.39, 0.29) is 12.1 Å². The van der Waals surface area contributed by atoms with Crippen molar-refractivity contribution >= 4 is 6.03 Å². The van der Waals surface area contributed by atoms with Crippen molar-refractivity contribution in [3.8, 4) is 0 Å². The van der Waals surface area contributed by atoms with Gasteiger partial charge in [0.25, 0.3) is 0 Å². The molecular formula is C9H21N3O. The molecule has 0 aliphatic heterocycles. The summed E-state index contributed by atoms with van der Waals surface area (Å²) in [6.45, 7) is 7.95. The van der Waals surface area contributed by atoms with E-state index in [1.165, 1.54) is 0 Å². The van der Waals surface area contributed by atoms with Gasteiger partial charge in [-0.05, 0) is 20.8 Å². The Labute approximate surface area is 80.7 Å². The summed E-state index contributed by atoms with van der Waals surface area (Å²) in [5.74, 6) is 0. The second kappa shape index (κ2) is 5.80. The molecule has 0 saturated heterocycles. The third-order valence-corrected chi connectivity index (χ3v) is 1.92. The lowest BCUT2D eigenvalue weighted by molar-refractivity contribution is 0.166. The van der Waals surface area contributed by atoms with Crippen LogP contribution in [0.3, 0.4) is 0 Å². The molecule has 0 radical (unpaired) electrons. The first-order valence-electron chi connectivity index (χ1n) is 4.78. The van der Waals surface area contributed by atoms with Crippen molar-refractivity contribution in [2.75, 3.05) is 26.7 Å². The Morgan fingerprint density at radius 1 is 1.38 bits per heavy atom. The largest absolute Gasteiger partial charge is 0.326 e. The van der Waals surface area contributed by atoms with Gasteiger partial charge in [-0.15, -0.1) is 0 Å². The van der Waals surface area contributed by atoms with E-state index in [9.17, 15) is 4.79 Å². The second-order valence-electron chi connectivity index (χ2n) is 3.31. The molecule has 0 rings (SSSR count). The fourth-order valence-corrected chi connectivity index (χ4v) is 1.25. The van der Waals surface area contributed by atoms with Crippen LogP contribution >= 0.6 is 0 Å². The maximum Gasteiger partial charge on any atom is 0.319 e. The Morgan fingerprint density at radius 2 is 1.85 bits per heavy atom. The summed E-state index contributed by atoms with van der Waals surface area (Å²) >= 11 is 0. The van der Waals surface area contributed by atoms with E-state index in [0.29, 0.717) is 6.54 Å². The van der Waals surface area contributed by atoms with Crippen molar-refractivity contribution < 1.29 is 4.79 Å². The molecule has 0 aliphatic rings. The highest BCUT2D eigenvalue weighted by Crippen LogP contribution is 1.96. The zero-order valence-corrected chi connectivity index (χ0v) is 9.08. The van der Waals surface area contributed by atoms with E-state index in [2.05, 4.69) is 0 Å². The van der Waals surface area contributed by atoms with Crippen LogP contribution in [0, 0.1) is 0 Å². The predicted octanol–water partition coefficient (Wildman–Crippen LogP) is 0.727. The third-order valence-electron chi connectivity index (χ3n) is 1.92. The molecule has 0 aromatic carbocycles. The first kappa shape index (κ1) is 12.2. The Hall–Kier alpha value is -0.770. The number of carbonyl (C=O) groups excluding carboxylic acids is 1. The molecule has 4 heteroatoms. The summed E-state index contributed by atoms with van der Waals surface area (Å²) in [5, 5.41) is 0. The first-order valence-corrected chi connectivity index (χ1v) is 4.78. The minimum Gasteiger partial charge on any atom is -0.326 e. The van der Waals surface area contributed by atoms with Crippen LogP contribution in [0.2, 0.25) is 0 Å². The van der Waals surface area contributed by atoms with Gasteiger partial charge in [-0.2, -0.15) is 0 Å². The summed E-state index contributed by atoms with van der Waals surface area (Å²) in [6.07, 6.45) is 0. The topological polar surface area (TPSA) is 49.6 Å². The van der Waals surface area contributed by atoms with Gasteiger partial charge in [0.2, 0.25) is 0 Å². The van der Waals surface area contributed by atoms with Crippen molar-refractivity contribution in [1.29, 1.82) is 0 Å². The SMILES string of the molecule is CCN(CC)C(=O)N(C)CC(C)N. The van der Waals surface area contributed by atoms with Crippen molar-refractivity contribution in [3.63, 3.8) is 0 Å². The van der Waals surface area contributed by atoms with Crippen molar-refractivity contribution in [2.45, 2.75) is 26.8 Å². The lowest BCUT2D eigenvalue weighted by Crippen LogP contribution is -2.45. The van der Waals surface area contributed by atoms with Crippen LogP contribution in [0.25, 0.3) is 0 Å². The predicted molar refractivity (Wildman–Crippen MR) is 54.6 cm³/mol. The number of nitrogens with zero attached hydrogens (tertiary/aromatic N) is 2. The summed E-state index contributed by atoms with van der Waals surface area (Å²) in [6, 6.07) is 0.0896. The highest BCUT2D eigenvalue weighted by Gasteiger charge is 2.14. The second-order valence-corrected chi connectivity index (χ2v) is 3.31. The number of hydrogen-bond acceptors (Lipinski definition) is 2. The lowest BCUT2D eigenvalue weighted by Gasteiger charge is -2.27. The fourth-order valence-electron chi connectivity index (χ4n) is 1.25. The molecule has 1 unspecified atom stereocenters. The summed E-state index contributed by atoms with van der Waals surface area (Å²) in [4.78, 5) is 15.1. The maximum absolute atomic E-state index is 11.6. The van der Waals surface area contributed by atoms with E-state index < -0.39 is 0 Å². The Kier molecular flexibility index (Phi) is 5.46. The van der Waals surface area contributed by atoms with Crippen LogP contribution in [0.15, 0.2) is 0 Å². The summed E-state index contributed by atoms with van der Waals surface area (Å²) in [5.41, 5.74) is 5.60. The quantitative estimate of drug-likeness (QED) is 0.705. The fraction of sp³-hybridized carbons (Fsp3) is 0.889. The van der Waals surface area contributed by atoms with Crippen molar-refractivity contribution in [3.05, 3.63) is 0 Å². The van der Waals surface area contributed by atoms with E-state index in [1.807, 2.05) is 20.8 Å². The molecule has 2 amide bonds. The van der Waals surface area contributed by atoms with E-state index >= 15 is 0 Å². The minimum atomic E-state index is 0.0320.